The van der Waals surface area contributed by atoms with E-state index in [0.29, 0.717) is 25.1 Å². The number of carbonyl (C=O) groups is 1. The van der Waals surface area contributed by atoms with E-state index in [1.807, 2.05) is 18.0 Å². The molecule has 0 unspecified atom stereocenters. The number of nitriles is 1. The van der Waals surface area contributed by atoms with E-state index in [4.69, 9.17) is 11.0 Å². The van der Waals surface area contributed by atoms with Gasteiger partial charge in [0.15, 0.2) is 0 Å². The molecule has 0 saturated heterocycles. The van der Waals surface area contributed by atoms with Crippen molar-refractivity contribution < 1.29 is 4.79 Å². The van der Waals surface area contributed by atoms with Gasteiger partial charge in [-0.15, -0.1) is 0 Å². The summed E-state index contributed by atoms with van der Waals surface area (Å²) in [5.41, 5.74) is 9.43. The fraction of sp³-hybridized carbons (Fsp3) is 0.385. The first-order valence-electron chi connectivity index (χ1n) is 5.92. The lowest BCUT2D eigenvalue weighted by Crippen LogP contribution is -2.22. The summed E-state index contributed by atoms with van der Waals surface area (Å²) in [6.07, 6.45) is 1.71. The summed E-state index contributed by atoms with van der Waals surface area (Å²) in [6.45, 7) is 0.645. The lowest BCUT2D eigenvalue weighted by atomic mass is 10.0. The van der Waals surface area contributed by atoms with Crippen molar-refractivity contribution >= 4 is 23.0 Å². The van der Waals surface area contributed by atoms with Crippen molar-refractivity contribution in [2.24, 2.45) is 0 Å². The highest BCUT2D eigenvalue weighted by molar-refractivity contribution is 5.95. The number of nitrogens with one attached hydrogen (secondary N) is 1. The van der Waals surface area contributed by atoms with Crippen LogP contribution in [0.1, 0.15) is 18.4 Å². The van der Waals surface area contributed by atoms with E-state index in [1.54, 1.807) is 6.07 Å². The van der Waals surface area contributed by atoms with Crippen LogP contribution in [0.3, 0.4) is 0 Å². The van der Waals surface area contributed by atoms with Crippen LogP contribution in [0.25, 0.3) is 0 Å². The minimum absolute atomic E-state index is 0.0347. The number of carbonyl (C=O) groups excluding carboxylic acids is 1. The first kappa shape index (κ1) is 12.2. The third-order valence-corrected chi connectivity index (χ3v) is 3.12. The maximum atomic E-state index is 11.3. The molecule has 1 aliphatic heterocycles. The van der Waals surface area contributed by atoms with Crippen LogP contribution in [0.15, 0.2) is 12.1 Å². The minimum atomic E-state index is 0.0347. The summed E-state index contributed by atoms with van der Waals surface area (Å²) >= 11 is 0. The van der Waals surface area contributed by atoms with Gasteiger partial charge in [0.05, 0.1) is 23.9 Å². The maximum Gasteiger partial charge on any atom is 0.224 e. The first-order valence-corrected chi connectivity index (χ1v) is 5.92. The topological polar surface area (TPSA) is 82.2 Å². The molecule has 5 heteroatoms. The number of nitrogens with zero attached hydrogens (tertiary/aromatic N) is 2. The molecule has 1 aromatic rings. The van der Waals surface area contributed by atoms with Crippen LogP contribution in [0, 0.1) is 11.3 Å². The molecular formula is C13H16N4O. The zero-order chi connectivity index (χ0) is 13.1. The summed E-state index contributed by atoms with van der Waals surface area (Å²) < 4.78 is 0. The summed E-state index contributed by atoms with van der Waals surface area (Å²) in [4.78, 5) is 13.3. The molecule has 3 N–H and O–H groups in total. The van der Waals surface area contributed by atoms with Gasteiger partial charge in [-0.3, -0.25) is 4.79 Å². The molecule has 1 amide bonds. The van der Waals surface area contributed by atoms with Gasteiger partial charge in [-0.2, -0.15) is 5.26 Å². The van der Waals surface area contributed by atoms with E-state index < -0.39 is 0 Å². The molecular weight excluding hydrogens is 228 g/mol. The van der Waals surface area contributed by atoms with Crippen molar-refractivity contribution in [3.63, 3.8) is 0 Å². The zero-order valence-electron chi connectivity index (χ0n) is 10.4. The molecule has 0 aromatic heterocycles. The van der Waals surface area contributed by atoms with Gasteiger partial charge in [-0.05, 0) is 24.1 Å². The second-order valence-electron chi connectivity index (χ2n) is 4.45. The van der Waals surface area contributed by atoms with Crippen molar-refractivity contribution in [1.82, 2.24) is 0 Å². The van der Waals surface area contributed by atoms with Crippen LogP contribution in [-0.2, 0) is 11.2 Å². The predicted octanol–water partition coefficient (Wildman–Crippen LogP) is 1.50. The van der Waals surface area contributed by atoms with Gasteiger partial charge in [-0.1, -0.05) is 0 Å². The van der Waals surface area contributed by atoms with E-state index in [-0.39, 0.29) is 5.91 Å². The Morgan fingerprint density at radius 1 is 1.50 bits per heavy atom. The highest BCUT2D eigenvalue weighted by atomic mass is 16.1. The lowest BCUT2D eigenvalue weighted by Gasteiger charge is -2.24. The Bertz CT molecular complexity index is 518. The molecule has 0 aliphatic carbocycles. The van der Waals surface area contributed by atoms with Gasteiger partial charge in [-0.25, -0.2) is 0 Å². The largest absolute Gasteiger partial charge is 0.397 e. The predicted molar refractivity (Wildman–Crippen MR) is 71.3 cm³/mol. The number of hydrogen-bond donors (Lipinski definition) is 2. The van der Waals surface area contributed by atoms with Crippen LogP contribution in [0.2, 0.25) is 0 Å². The number of anilines is 3. The fourth-order valence-electron chi connectivity index (χ4n) is 2.10. The maximum absolute atomic E-state index is 11.3. The second-order valence-corrected chi connectivity index (χ2v) is 4.45. The zero-order valence-corrected chi connectivity index (χ0v) is 10.4. The van der Waals surface area contributed by atoms with Crippen molar-refractivity contribution in [2.45, 2.75) is 19.3 Å². The highest BCUT2D eigenvalue weighted by Crippen LogP contribution is 2.32. The fourth-order valence-corrected chi connectivity index (χ4v) is 2.10. The lowest BCUT2D eigenvalue weighted by molar-refractivity contribution is -0.116. The monoisotopic (exact) mass is 244 g/mol. The van der Waals surface area contributed by atoms with E-state index >= 15 is 0 Å². The number of benzene rings is 1. The van der Waals surface area contributed by atoms with Crippen LogP contribution >= 0.6 is 0 Å². The molecule has 0 atom stereocenters. The summed E-state index contributed by atoms with van der Waals surface area (Å²) in [5, 5.41) is 11.4. The van der Waals surface area contributed by atoms with E-state index in [2.05, 4.69) is 11.4 Å². The Labute approximate surface area is 106 Å². The molecule has 2 rings (SSSR count). The van der Waals surface area contributed by atoms with Gasteiger partial charge >= 0.3 is 0 Å². The standard InChI is InChI=1S/C13H16N4O/c1-17(6-2-5-14)12-7-9-3-4-13(18)16-11(9)8-10(12)15/h7-8H,2-4,6,15H2,1H3,(H,16,18). The first-order chi connectivity index (χ1) is 8.61. The number of nitrogen functional groups attached to an aromatic ring is 1. The van der Waals surface area contributed by atoms with Gasteiger partial charge < -0.3 is 16.0 Å². The molecule has 5 nitrogen and oxygen atoms in total. The quantitative estimate of drug-likeness (QED) is 0.789. The number of fused-ring (bicyclic) bond motifs is 1. The Morgan fingerprint density at radius 2 is 2.28 bits per heavy atom. The molecule has 1 aromatic carbocycles. The van der Waals surface area contributed by atoms with Crippen molar-refractivity contribution in [3.8, 4) is 6.07 Å². The number of amides is 1. The molecule has 94 valence electrons. The van der Waals surface area contributed by atoms with Crippen molar-refractivity contribution in [3.05, 3.63) is 17.7 Å². The normalized spacial score (nSPS) is 13.4. The number of aryl methyl sites for hydroxylation is 1. The average molecular weight is 244 g/mol. The van der Waals surface area contributed by atoms with Crippen LogP contribution in [0.5, 0.6) is 0 Å². The molecule has 0 radical (unpaired) electrons. The Balaban J connectivity index is 2.28. The minimum Gasteiger partial charge on any atom is -0.397 e. The smallest absolute Gasteiger partial charge is 0.224 e. The SMILES string of the molecule is CN(CCC#N)c1cc2c(cc1N)NC(=O)CC2. The van der Waals surface area contributed by atoms with Gasteiger partial charge in [0.2, 0.25) is 5.91 Å². The van der Waals surface area contributed by atoms with Crippen LogP contribution in [-0.4, -0.2) is 19.5 Å². The van der Waals surface area contributed by atoms with Crippen molar-refractivity contribution in [1.29, 1.82) is 5.26 Å². The van der Waals surface area contributed by atoms with Crippen LogP contribution in [0.4, 0.5) is 17.1 Å². The Hall–Kier alpha value is -2.22. The third kappa shape index (κ3) is 2.38. The van der Waals surface area contributed by atoms with Gasteiger partial charge in [0.1, 0.15) is 0 Å². The number of hydrogen-bond acceptors (Lipinski definition) is 4. The van der Waals surface area contributed by atoms with E-state index in [1.165, 1.54) is 0 Å². The van der Waals surface area contributed by atoms with Crippen LogP contribution < -0.4 is 16.0 Å². The Morgan fingerprint density at radius 3 is 3.00 bits per heavy atom. The molecule has 0 bridgehead atoms. The molecule has 0 fully saturated rings. The summed E-state index contributed by atoms with van der Waals surface area (Å²) in [5.74, 6) is 0.0347. The number of nitrogens with two attached hydrogens (primary N) is 1. The molecule has 0 spiro atoms. The number of rotatable bonds is 3. The van der Waals surface area contributed by atoms with E-state index in [9.17, 15) is 4.79 Å². The second kappa shape index (κ2) is 4.96. The average Bonchev–Trinajstić information content (AvgIpc) is 2.35. The molecule has 1 heterocycles. The van der Waals surface area contributed by atoms with E-state index in [0.717, 1.165) is 23.4 Å². The molecule has 18 heavy (non-hydrogen) atoms. The van der Waals surface area contributed by atoms with Gasteiger partial charge in [0, 0.05) is 25.7 Å². The third-order valence-electron chi connectivity index (χ3n) is 3.12. The summed E-state index contributed by atoms with van der Waals surface area (Å²) in [7, 11) is 1.91. The summed E-state index contributed by atoms with van der Waals surface area (Å²) in [6, 6.07) is 5.91. The highest BCUT2D eigenvalue weighted by Gasteiger charge is 2.17. The Kier molecular flexibility index (Phi) is 3.38. The van der Waals surface area contributed by atoms with Gasteiger partial charge in [0.25, 0.3) is 0 Å². The molecule has 0 saturated carbocycles. The van der Waals surface area contributed by atoms with Crippen molar-refractivity contribution in [2.75, 3.05) is 29.5 Å². The molecule has 1 aliphatic rings.